The summed E-state index contributed by atoms with van der Waals surface area (Å²) in [7, 11) is 0. The minimum atomic E-state index is -0.263. The molecule has 0 unspecified atom stereocenters. The summed E-state index contributed by atoms with van der Waals surface area (Å²) < 4.78 is 2.22. The van der Waals surface area contributed by atoms with Gasteiger partial charge in [0.1, 0.15) is 17.5 Å². The highest BCUT2D eigenvalue weighted by Crippen LogP contribution is 2.33. The number of allylic oxidation sites excluding steroid dienone is 2. The van der Waals surface area contributed by atoms with Crippen LogP contribution in [0.4, 0.5) is 0 Å². The van der Waals surface area contributed by atoms with Crippen molar-refractivity contribution in [3.8, 4) is 6.07 Å². The summed E-state index contributed by atoms with van der Waals surface area (Å²) in [5, 5.41) is 20.7. The number of hydrogen-bond donors (Lipinski definition) is 1. The van der Waals surface area contributed by atoms with Crippen LogP contribution in [0.25, 0.3) is 0 Å². The van der Waals surface area contributed by atoms with Crippen LogP contribution >= 0.6 is 23.1 Å². The molecule has 1 aliphatic rings. The average Bonchev–Trinajstić information content (AvgIpc) is 3.31. The number of nitrogens with zero attached hydrogens (tertiary/aromatic N) is 4. The standard InChI is InChI=1S/C19H23N5OS2/c1-13(21)16(11-20)17(25)12-27-19-23-22-18(10-15-8-5-9-26-15)24(19)14-6-3-2-4-7-14/h5,8-9,14H,2-4,6-7,10,12,21H2,1H3. The number of aromatic nitrogens is 3. The Morgan fingerprint density at radius 1 is 1.41 bits per heavy atom. The van der Waals surface area contributed by atoms with E-state index >= 15 is 0 Å². The van der Waals surface area contributed by atoms with Gasteiger partial charge in [-0.05, 0) is 31.2 Å². The Hall–Kier alpha value is -2.11. The summed E-state index contributed by atoms with van der Waals surface area (Å²) in [6.07, 6.45) is 6.66. The van der Waals surface area contributed by atoms with Crippen molar-refractivity contribution in [3.63, 3.8) is 0 Å². The molecule has 0 radical (unpaired) electrons. The molecule has 0 bridgehead atoms. The van der Waals surface area contributed by atoms with E-state index in [0.29, 0.717) is 6.04 Å². The molecule has 1 fully saturated rings. The van der Waals surface area contributed by atoms with Gasteiger partial charge in [0.25, 0.3) is 0 Å². The minimum absolute atomic E-state index is 0.0324. The number of nitrogens with two attached hydrogens (primary N) is 1. The van der Waals surface area contributed by atoms with Crippen molar-refractivity contribution in [2.24, 2.45) is 5.73 Å². The molecule has 0 saturated heterocycles. The van der Waals surface area contributed by atoms with Gasteiger partial charge in [-0.15, -0.1) is 21.5 Å². The van der Waals surface area contributed by atoms with Crippen molar-refractivity contribution < 1.29 is 4.79 Å². The van der Waals surface area contributed by atoms with E-state index in [0.717, 1.165) is 30.2 Å². The fourth-order valence-corrected chi connectivity index (χ4v) is 4.97. The smallest absolute Gasteiger partial charge is 0.191 e. The van der Waals surface area contributed by atoms with Gasteiger partial charge in [-0.1, -0.05) is 37.1 Å². The molecular formula is C19H23N5OS2. The number of thioether (sulfide) groups is 1. The molecule has 0 spiro atoms. The maximum atomic E-state index is 12.3. The average molecular weight is 402 g/mol. The molecule has 0 atom stereocenters. The molecule has 2 aromatic rings. The van der Waals surface area contributed by atoms with Crippen LogP contribution in [0, 0.1) is 11.3 Å². The fourth-order valence-electron chi connectivity index (χ4n) is 3.37. The first-order chi connectivity index (χ1) is 13.1. The summed E-state index contributed by atoms with van der Waals surface area (Å²) in [6.45, 7) is 1.57. The van der Waals surface area contributed by atoms with Crippen LogP contribution in [-0.4, -0.2) is 26.3 Å². The predicted octanol–water partition coefficient (Wildman–Crippen LogP) is 3.85. The third-order valence-corrected chi connectivity index (χ3v) is 6.52. The zero-order valence-electron chi connectivity index (χ0n) is 15.4. The molecular weight excluding hydrogens is 378 g/mol. The summed E-state index contributed by atoms with van der Waals surface area (Å²) >= 11 is 3.06. The molecule has 1 saturated carbocycles. The molecule has 3 rings (SSSR count). The number of carbonyl (C=O) groups is 1. The van der Waals surface area contributed by atoms with Gasteiger partial charge < -0.3 is 10.3 Å². The highest BCUT2D eigenvalue weighted by atomic mass is 32.2. The molecule has 2 heterocycles. The zero-order chi connectivity index (χ0) is 19.2. The maximum Gasteiger partial charge on any atom is 0.191 e. The van der Waals surface area contributed by atoms with Crippen LogP contribution < -0.4 is 5.73 Å². The number of carbonyl (C=O) groups excluding carboxylic acids is 1. The Balaban J connectivity index is 1.81. The summed E-state index contributed by atoms with van der Waals surface area (Å²) in [5.74, 6) is 0.826. The molecule has 27 heavy (non-hydrogen) atoms. The van der Waals surface area contributed by atoms with Gasteiger partial charge in [-0.3, -0.25) is 4.79 Å². The largest absolute Gasteiger partial charge is 0.401 e. The topological polar surface area (TPSA) is 97.6 Å². The van der Waals surface area contributed by atoms with Crippen molar-refractivity contribution in [1.82, 2.24) is 14.8 Å². The van der Waals surface area contributed by atoms with Crippen LogP contribution in [-0.2, 0) is 11.2 Å². The van der Waals surface area contributed by atoms with Crippen molar-refractivity contribution >= 4 is 28.9 Å². The van der Waals surface area contributed by atoms with Gasteiger partial charge in [-0.2, -0.15) is 5.26 Å². The van der Waals surface area contributed by atoms with E-state index in [4.69, 9.17) is 11.0 Å². The number of nitriles is 1. The number of rotatable bonds is 7. The van der Waals surface area contributed by atoms with Crippen LogP contribution in [0.2, 0.25) is 0 Å². The third kappa shape index (κ3) is 4.79. The highest BCUT2D eigenvalue weighted by Gasteiger charge is 2.24. The minimum Gasteiger partial charge on any atom is -0.401 e. The zero-order valence-corrected chi connectivity index (χ0v) is 17.0. The van der Waals surface area contributed by atoms with E-state index in [2.05, 4.69) is 26.2 Å². The van der Waals surface area contributed by atoms with E-state index in [1.165, 1.54) is 35.9 Å². The van der Waals surface area contributed by atoms with Gasteiger partial charge >= 0.3 is 0 Å². The van der Waals surface area contributed by atoms with E-state index < -0.39 is 0 Å². The second-order valence-corrected chi connectivity index (χ2v) is 8.67. The first-order valence-electron chi connectivity index (χ1n) is 9.08. The first kappa shape index (κ1) is 19.6. The molecule has 0 aromatic carbocycles. The molecule has 2 aromatic heterocycles. The number of hydrogen-bond acceptors (Lipinski definition) is 7. The van der Waals surface area contributed by atoms with Crippen LogP contribution in [0.5, 0.6) is 0 Å². The van der Waals surface area contributed by atoms with E-state index in [1.54, 1.807) is 18.3 Å². The molecule has 2 N–H and O–H groups in total. The molecule has 0 amide bonds. The Labute approximate surface area is 167 Å². The fraction of sp³-hybridized carbons (Fsp3) is 0.474. The lowest BCUT2D eigenvalue weighted by Gasteiger charge is -2.25. The Morgan fingerprint density at radius 2 is 2.19 bits per heavy atom. The second kappa shape index (κ2) is 9.20. The Kier molecular flexibility index (Phi) is 6.69. The number of thiophene rings is 1. The molecule has 8 heteroatoms. The lowest BCUT2D eigenvalue weighted by Crippen LogP contribution is -2.17. The number of ketones is 1. The molecule has 1 aliphatic carbocycles. The van der Waals surface area contributed by atoms with Gasteiger partial charge in [-0.25, -0.2) is 0 Å². The molecule has 0 aliphatic heterocycles. The van der Waals surface area contributed by atoms with Gasteiger partial charge in [0.15, 0.2) is 10.9 Å². The third-order valence-electron chi connectivity index (χ3n) is 4.70. The van der Waals surface area contributed by atoms with Crippen LogP contribution in [0.1, 0.15) is 55.8 Å². The lowest BCUT2D eigenvalue weighted by molar-refractivity contribution is -0.112. The predicted molar refractivity (Wildman–Crippen MR) is 108 cm³/mol. The monoisotopic (exact) mass is 401 g/mol. The van der Waals surface area contributed by atoms with E-state index in [-0.39, 0.29) is 22.8 Å². The summed E-state index contributed by atoms with van der Waals surface area (Å²) in [5.41, 5.74) is 5.93. The van der Waals surface area contributed by atoms with Crippen LogP contribution in [0.15, 0.2) is 33.9 Å². The first-order valence-corrected chi connectivity index (χ1v) is 10.9. The summed E-state index contributed by atoms with van der Waals surface area (Å²) in [4.78, 5) is 13.6. The normalized spacial score (nSPS) is 16.0. The SMILES string of the molecule is CC(N)=C(C#N)C(=O)CSc1nnc(Cc2cccs2)n1C1CCCCC1. The van der Waals surface area contributed by atoms with E-state index in [9.17, 15) is 4.79 Å². The van der Waals surface area contributed by atoms with Crippen molar-refractivity contribution in [1.29, 1.82) is 5.26 Å². The van der Waals surface area contributed by atoms with Crippen molar-refractivity contribution in [2.45, 2.75) is 56.6 Å². The van der Waals surface area contributed by atoms with Crippen LogP contribution in [0.3, 0.4) is 0 Å². The Morgan fingerprint density at radius 3 is 2.81 bits per heavy atom. The molecule has 142 valence electrons. The quantitative estimate of drug-likeness (QED) is 0.430. The second-order valence-electron chi connectivity index (χ2n) is 6.70. The lowest BCUT2D eigenvalue weighted by atomic mass is 9.95. The van der Waals surface area contributed by atoms with Crippen molar-refractivity contribution in [2.75, 3.05) is 5.75 Å². The highest BCUT2D eigenvalue weighted by molar-refractivity contribution is 7.99. The van der Waals surface area contributed by atoms with Gasteiger partial charge in [0, 0.05) is 23.0 Å². The van der Waals surface area contributed by atoms with Gasteiger partial charge in [0.05, 0.1) is 5.75 Å². The summed E-state index contributed by atoms with van der Waals surface area (Å²) in [6, 6.07) is 6.43. The Bertz CT molecular complexity index is 853. The van der Waals surface area contributed by atoms with E-state index in [1.807, 2.05) is 12.1 Å². The number of Topliss-reactive ketones (excluding diaryl/α,β-unsaturated/α-hetero) is 1. The van der Waals surface area contributed by atoms with Crippen molar-refractivity contribution in [3.05, 3.63) is 39.5 Å². The van der Waals surface area contributed by atoms with Gasteiger partial charge in [0.2, 0.25) is 0 Å². The maximum absolute atomic E-state index is 12.3. The molecule has 6 nitrogen and oxygen atoms in total.